The molecule has 1 aromatic heterocycles. The number of benzene rings is 2. The molecule has 0 aliphatic heterocycles. The number of guanidine groups is 1. The first kappa shape index (κ1) is 23.2. The fraction of sp³-hybridized carbons (Fsp3) is 0.391. The van der Waals surface area contributed by atoms with E-state index in [0.29, 0.717) is 0 Å². The third kappa shape index (κ3) is 5.72. The van der Waals surface area contributed by atoms with Crippen LogP contribution in [-0.2, 0) is 19.9 Å². The number of hydrogen-bond acceptors (Lipinski definition) is 2. The lowest BCUT2D eigenvalue weighted by atomic mass is 10.0. The van der Waals surface area contributed by atoms with Crippen LogP contribution in [0.1, 0.15) is 29.4 Å². The molecular weight excluding hydrogens is 473 g/mol. The van der Waals surface area contributed by atoms with Gasteiger partial charge in [0.25, 0.3) is 0 Å². The highest BCUT2D eigenvalue weighted by Gasteiger charge is 2.14. The smallest absolute Gasteiger partial charge is 0.191 e. The molecule has 2 N–H and O–H groups in total. The fourth-order valence-corrected chi connectivity index (χ4v) is 3.72. The number of halogens is 1. The summed E-state index contributed by atoms with van der Waals surface area (Å²) in [7, 11) is 3.82. The number of nitrogens with zero attached hydrogens (tertiary/aromatic N) is 3. The minimum Gasteiger partial charge on any atom is -0.356 e. The van der Waals surface area contributed by atoms with Crippen LogP contribution in [0.5, 0.6) is 0 Å². The van der Waals surface area contributed by atoms with Crippen LogP contribution in [0, 0.1) is 13.8 Å². The van der Waals surface area contributed by atoms with Crippen LogP contribution in [0.25, 0.3) is 10.8 Å². The van der Waals surface area contributed by atoms with E-state index in [2.05, 4.69) is 84.0 Å². The quantitative estimate of drug-likeness (QED) is 0.301. The van der Waals surface area contributed by atoms with Gasteiger partial charge in [-0.05, 0) is 55.5 Å². The van der Waals surface area contributed by atoms with Crippen molar-refractivity contribution >= 4 is 40.7 Å². The Morgan fingerprint density at radius 3 is 2.55 bits per heavy atom. The van der Waals surface area contributed by atoms with Gasteiger partial charge >= 0.3 is 0 Å². The Bertz CT molecular complexity index is 971. The number of rotatable bonds is 6. The Morgan fingerprint density at radius 1 is 1.14 bits per heavy atom. The molecular formula is C23H32IN5. The van der Waals surface area contributed by atoms with Gasteiger partial charge in [-0.1, -0.05) is 42.5 Å². The lowest BCUT2D eigenvalue weighted by Gasteiger charge is -2.18. The van der Waals surface area contributed by atoms with Crippen molar-refractivity contribution < 1.29 is 0 Å². The van der Waals surface area contributed by atoms with E-state index < -0.39 is 0 Å². The summed E-state index contributed by atoms with van der Waals surface area (Å²) in [6, 6.07) is 15.3. The van der Waals surface area contributed by atoms with Crippen LogP contribution in [0.4, 0.5) is 0 Å². The Morgan fingerprint density at radius 2 is 1.86 bits per heavy atom. The third-order valence-corrected chi connectivity index (χ3v) is 5.34. The summed E-state index contributed by atoms with van der Waals surface area (Å²) in [6.45, 7) is 7.22. The van der Waals surface area contributed by atoms with E-state index in [-0.39, 0.29) is 30.0 Å². The van der Waals surface area contributed by atoms with Gasteiger partial charge in [0, 0.05) is 32.4 Å². The van der Waals surface area contributed by atoms with Crippen molar-refractivity contribution in [1.29, 1.82) is 0 Å². The minimum absolute atomic E-state index is 0. The van der Waals surface area contributed by atoms with E-state index in [1.54, 1.807) is 0 Å². The van der Waals surface area contributed by atoms with Crippen molar-refractivity contribution in [3.63, 3.8) is 0 Å². The summed E-state index contributed by atoms with van der Waals surface area (Å²) >= 11 is 0. The molecule has 0 amide bonds. The summed E-state index contributed by atoms with van der Waals surface area (Å²) < 4.78 is 1.95. The second-order valence-electron chi connectivity index (χ2n) is 7.41. The van der Waals surface area contributed by atoms with Crippen LogP contribution in [0.2, 0.25) is 0 Å². The van der Waals surface area contributed by atoms with E-state index in [4.69, 9.17) is 0 Å². The van der Waals surface area contributed by atoms with E-state index in [1.165, 1.54) is 27.6 Å². The molecule has 0 bridgehead atoms. The summed E-state index contributed by atoms with van der Waals surface area (Å²) in [5, 5.41) is 14.1. The zero-order valence-corrected chi connectivity index (χ0v) is 20.3. The number of nitrogens with one attached hydrogen (secondary N) is 2. The molecule has 6 heteroatoms. The van der Waals surface area contributed by atoms with Gasteiger partial charge in [0.15, 0.2) is 5.96 Å². The molecule has 1 unspecified atom stereocenters. The molecule has 0 aliphatic rings. The molecule has 156 valence electrons. The molecule has 1 atom stereocenters. The average molecular weight is 505 g/mol. The highest BCUT2D eigenvalue weighted by atomic mass is 127. The van der Waals surface area contributed by atoms with Gasteiger partial charge in [-0.15, -0.1) is 24.0 Å². The van der Waals surface area contributed by atoms with Gasteiger partial charge in [0.1, 0.15) is 0 Å². The average Bonchev–Trinajstić information content (AvgIpc) is 2.93. The maximum atomic E-state index is 4.51. The van der Waals surface area contributed by atoms with E-state index >= 15 is 0 Å². The number of hydrogen-bond donors (Lipinski definition) is 2. The van der Waals surface area contributed by atoms with Crippen molar-refractivity contribution in [2.75, 3.05) is 13.6 Å². The van der Waals surface area contributed by atoms with Gasteiger partial charge < -0.3 is 10.6 Å². The summed E-state index contributed by atoms with van der Waals surface area (Å²) in [4.78, 5) is 4.39. The van der Waals surface area contributed by atoms with E-state index in [9.17, 15) is 0 Å². The second kappa shape index (κ2) is 10.6. The van der Waals surface area contributed by atoms with Crippen molar-refractivity contribution in [1.82, 2.24) is 20.4 Å². The molecule has 29 heavy (non-hydrogen) atoms. The fourth-order valence-electron chi connectivity index (χ4n) is 3.72. The topological polar surface area (TPSA) is 54.2 Å². The van der Waals surface area contributed by atoms with Crippen LogP contribution >= 0.6 is 24.0 Å². The van der Waals surface area contributed by atoms with Crippen molar-refractivity contribution in [2.45, 2.75) is 39.7 Å². The monoisotopic (exact) mass is 505 g/mol. The maximum Gasteiger partial charge on any atom is 0.191 e. The van der Waals surface area contributed by atoms with Crippen molar-refractivity contribution in [2.24, 2.45) is 12.0 Å². The largest absolute Gasteiger partial charge is 0.356 e. The Balaban J connectivity index is 0.00000300. The van der Waals surface area contributed by atoms with Crippen molar-refractivity contribution in [3.05, 3.63) is 65.0 Å². The minimum atomic E-state index is 0. The van der Waals surface area contributed by atoms with E-state index in [1.807, 2.05) is 18.8 Å². The molecule has 0 aliphatic carbocycles. The predicted octanol–water partition coefficient (Wildman–Crippen LogP) is 4.15. The van der Waals surface area contributed by atoms with Gasteiger partial charge in [-0.2, -0.15) is 5.10 Å². The standard InChI is InChI=1S/C23H31N5.HI/c1-16(15-22-17(2)27-28(5)18(22)3)26-23(24-4)25-14-13-20-11-8-10-19-9-6-7-12-21(19)20;/h6-12,16H,13-15H2,1-5H3,(H2,24,25,26);1H. The number of aliphatic imine (C=N–C) groups is 1. The first-order chi connectivity index (χ1) is 13.5. The SMILES string of the molecule is CN=C(NCCc1cccc2ccccc12)NC(C)Cc1c(C)nn(C)c1C.I. The van der Waals surface area contributed by atoms with E-state index in [0.717, 1.165) is 31.0 Å². The predicted molar refractivity (Wildman–Crippen MR) is 133 cm³/mol. The molecule has 5 nitrogen and oxygen atoms in total. The molecule has 3 rings (SSSR count). The van der Waals surface area contributed by atoms with Crippen LogP contribution < -0.4 is 10.6 Å². The second-order valence-corrected chi connectivity index (χ2v) is 7.41. The summed E-state index contributed by atoms with van der Waals surface area (Å²) in [6.07, 6.45) is 1.88. The molecule has 0 radical (unpaired) electrons. The Hall–Kier alpha value is -2.09. The lowest BCUT2D eigenvalue weighted by Crippen LogP contribution is -2.43. The Labute approximate surface area is 191 Å². The normalized spacial score (nSPS) is 12.5. The van der Waals surface area contributed by atoms with Gasteiger partial charge in [-0.25, -0.2) is 0 Å². The Kier molecular flexibility index (Phi) is 8.49. The number of aromatic nitrogens is 2. The van der Waals surface area contributed by atoms with Crippen LogP contribution in [0.3, 0.4) is 0 Å². The molecule has 0 saturated carbocycles. The zero-order chi connectivity index (χ0) is 20.1. The molecule has 0 saturated heterocycles. The zero-order valence-electron chi connectivity index (χ0n) is 18.0. The molecule has 0 spiro atoms. The molecule has 0 fully saturated rings. The van der Waals surface area contributed by atoms with Gasteiger partial charge in [-0.3, -0.25) is 9.67 Å². The van der Waals surface area contributed by atoms with Gasteiger partial charge in [0.2, 0.25) is 0 Å². The first-order valence-electron chi connectivity index (χ1n) is 9.92. The first-order valence-corrected chi connectivity index (χ1v) is 9.92. The van der Waals surface area contributed by atoms with Crippen LogP contribution in [-0.4, -0.2) is 35.4 Å². The molecule has 2 aromatic carbocycles. The van der Waals surface area contributed by atoms with Crippen LogP contribution in [0.15, 0.2) is 47.5 Å². The summed E-state index contributed by atoms with van der Waals surface area (Å²) in [5.74, 6) is 0.840. The maximum absolute atomic E-state index is 4.51. The highest BCUT2D eigenvalue weighted by molar-refractivity contribution is 14.0. The lowest BCUT2D eigenvalue weighted by molar-refractivity contribution is 0.635. The third-order valence-electron chi connectivity index (χ3n) is 5.34. The summed E-state index contributed by atoms with van der Waals surface area (Å²) in [5.41, 5.74) is 5.00. The molecule has 3 aromatic rings. The highest BCUT2D eigenvalue weighted by Crippen LogP contribution is 2.18. The number of fused-ring (bicyclic) bond motifs is 1. The van der Waals surface area contributed by atoms with Gasteiger partial charge in [0.05, 0.1) is 5.69 Å². The number of aryl methyl sites for hydroxylation is 2. The van der Waals surface area contributed by atoms with Crippen molar-refractivity contribution in [3.8, 4) is 0 Å². The molecule has 1 heterocycles.